The van der Waals surface area contributed by atoms with Gasteiger partial charge in [0.15, 0.2) is 0 Å². The molecule has 0 aromatic heterocycles. The van der Waals surface area contributed by atoms with Gasteiger partial charge in [-0.25, -0.2) is 4.79 Å². The van der Waals surface area contributed by atoms with Crippen LogP contribution in [0.3, 0.4) is 0 Å². The summed E-state index contributed by atoms with van der Waals surface area (Å²) in [6, 6.07) is 5.01. The van der Waals surface area contributed by atoms with Gasteiger partial charge in [0.1, 0.15) is 0 Å². The van der Waals surface area contributed by atoms with E-state index >= 15 is 0 Å². The van der Waals surface area contributed by atoms with Crippen LogP contribution in [0.1, 0.15) is 10.4 Å². The summed E-state index contributed by atoms with van der Waals surface area (Å²) in [5.74, 6) is -0.900. The number of carboxylic acids is 1. The normalized spacial score (nSPS) is 16.0. The number of hydrogen-bond donors (Lipinski definition) is 1. The highest BCUT2D eigenvalue weighted by atomic mass is 79.9. The number of anilines is 1. The Kier molecular flexibility index (Phi) is 3.56. The highest BCUT2D eigenvalue weighted by Crippen LogP contribution is 2.25. The van der Waals surface area contributed by atoms with Crippen molar-refractivity contribution in [2.75, 3.05) is 31.6 Å². The van der Waals surface area contributed by atoms with Crippen molar-refractivity contribution in [2.24, 2.45) is 0 Å². The van der Waals surface area contributed by atoms with E-state index in [4.69, 9.17) is 5.11 Å². The molecule has 1 saturated heterocycles. The quantitative estimate of drug-likeness (QED) is 0.897. The number of carbonyl (C=O) groups is 2. The Hall–Kier alpha value is -1.56. The van der Waals surface area contributed by atoms with Crippen LogP contribution in [0.5, 0.6) is 0 Å². The molecule has 1 aliphatic rings. The Morgan fingerprint density at radius 2 is 2.11 bits per heavy atom. The van der Waals surface area contributed by atoms with E-state index in [0.717, 1.165) is 12.2 Å². The second-order valence-corrected chi connectivity index (χ2v) is 5.06. The molecule has 6 heteroatoms. The lowest BCUT2D eigenvalue weighted by Crippen LogP contribution is -2.48. The van der Waals surface area contributed by atoms with Gasteiger partial charge in [0.25, 0.3) is 0 Å². The van der Waals surface area contributed by atoms with Crippen LogP contribution in [0.4, 0.5) is 5.69 Å². The maximum absolute atomic E-state index is 11.6. The molecule has 1 aromatic carbocycles. The van der Waals surface area contributed by atoms with Crippen LogP contribution < -0.4 is 4.90 Å². The number of amides is 1. The molecule has 18 heavy (non-hydrogen) atoms. The lowest BCUT2D eigenvalue weighted by Gasteiger charge is -2.33. The number of piperazine rings is 1. The summed E-state index contributed by atoms with van der Waals surface area (Å²) in [5.41, 5.74) is 1.08. The van der Waals surface area contributed by atoms with Gasteiger partial charge < -0.3 is 14.9 Å². The van der Waals surface area contributed by atoms with E-state index in [1.54, 1.807) is 30.1 Å². The van der Waals surface area contributed by atoms with Crippen molar-refractivity contribution in [3.8, 4) is 0 Å². The van der Waals surface area contributed by atoms with Crippen molar-refractivity contribution in [1.29, 1.82) is 0 Å². The van der Waals surface area contributed by atoms with Crippen molar-refractivity contribution in [3.05, 3.63) is 28.2 Å². The molecule has 0 radical (unpaired) electrons. The minimum atomic E-state index is -0.970. The lowest BCUT2D eigenvalue weighted by atomic mass is 10.2. The summed E-state index contributed by atoms with van der Waals surface area (Å²) in [5, 5.41) is 8.94. The van der Waals surface area contributed by atoms with Crippen molar-refractivity contribution in [3.63, 3.8) is 0 Å². The third-order valence-electron chi connectivity index (χ3n) is 3.01. The van der Waals surface area contributed by atoms with Gasteiger partial charge in [0.05, 0.1) is 12.1 Å². The third kappa shape index (κ3) is 2.48. The number of benzene rings is 1. The first kappa shape index (κ1) is 12.9. The summed E-state index contributed by atoms with van der Waals surface area (Å²) in [4.78, 5) is 26.2. The number of rotatable bonds is 2. The van der Waals surface area contributed by atoms with E-state index in [0.29, 0.717) is 17.6 Å². The molecule has 1 aromatic rings. The summed E-state index contributed by atoms with van der Waals surface area (Å²) in [6.07, 6.45) is 0. The van der Waals surface area contributed by atoms with Crippen LogP contribution in [0.2, 0.25) is 0 Å². The van der Waals surface area contributed by atoms with Gasteiger partial charge in [0, 0.05) is 30.3 Å². The minimum absolute atomic E-state index is 0.0692. The fourth-order valence-electron chi connectivity index (χ4n) is 1.85. The smallest absolute Gasteiger partial charge is 0.336 e. The Bertz CT molecular complexity index is 504. The van der Waals surface area contributed by atoms with Gasteiger partial charge >= 0.3 is 5.97 Å². The predicted octanol–water partition coefficient (Wildman–Crippen LogP) is 1.43. The van der Waals surface area contributed by atoms with E-state index < -0.39 is 5.97 Å². The number of carboxylic acid groups (broad SMARTS) is 1. The van der Waals surface area contributed by atoms with Crippen LogP contribution in [-0.4, -0.2) is 48.6 Å². The molecule has 1 amide bonds. The van der Waals surface area contributed by atoms with Crippen molar-refractivity contribution >= 4 is 33.5 Å². The van der Waals surface area contributed by atoms with E-state index in [1.807, 2.05) is 4.90 Å². The van der Waals surface area contributed by atoms with Crippen molar-refractivity contribution < 1.29 is 14.7 Å². The Balaban J connectivity index is 2.22. The summed E-state index contributed by atoms with van der Waals surface area (Å²) in [6.45, 7) is 1.76. The molecule has 0 unspecified atom stereocenters. The monoisotopic (exact) mass is 312 g/mol. The van der Waals surface area contributed by atoms with Crippen LogP contribution in [0.25, 0.3) is 0 Å². The Labute approximate surface area is 113 Å². The zero-order valence-corrected chi connectivity index (χ0v) is 11.5. The van der Waals surface area contributed by atoms with Gasteiger partial charge in [-0.05, 0) is 34.1 Å². The predicted molar refractivity (Wildman–Crippen MR) is 71.0 cm³/mol. The largest absolute Gasteiger partial charge is 0.478 e. The van der Waals surface area contributed by atoms with E-state index in [9.17, 15) is 9.59 Å². The average Bonchev–Trinajstić information content (AvgIpc) is 2.32. The SMILES string of the molecule is CN1CCN(c2ccc(C(=O)O)c(Br)c2)CC1=O. The van der Waals surface area contributed by atoms with E-state index in [-0.39, 0.29) is 11.5 Å². The zero-order chi connectivity index (χ0) is 13.3. The van der Waals surface area contributed by atoms with Crippen LogP contribution in [0, 0.1) is 0 Å². The highest BCUT2D eigenvalue weighted by molar-refractivity contribution is 9.10. The third-order valence-corrected chi connectivity index (χ3v) is 3.66. The Morgan fingerprint density at radius 1 is 1.39 bits per heavy atom. The average molecular weight is 313 g/mol. The van der Waals surface area contributed by atoms with Gasteiger partial charge in [-0.3, -0.25) is 4.79 Å². The lowest BCUT2D eigenvalue weighted by molar-refractivity contribution is -0.129. The minimum Gasteiger partial charge on any atom is -0.478 e. The molecule has 2 rings (SSSR count). The first-order valence-corrected chi connectivity index (χ1v) is 6.30. The van der Waals surface area contributed by atoms with Gasteiger partial charge in [-0.1, -0.05) is 0 Å². The second kappa shape index (κ2) is 4.97. The maximum atomic E-state index is 11.6. The summed E-state index contributed by atoms with van der Waals surface area (Å²) >= 11 is 3.24. The molecule has 0 spiro atoms. The fourth-order valence-corrected chi connectivity index (χ4v) is 2.39. The summed E-state index contributed by atoms with van der Waals surface area (Å²) in [7, 11) is 1.78. The second-order valence-electron chi connectivity index (χ2n) is 4.21. The number of nitrogens with zero attached hydrogens (tertiary/aromatic N) is 2. The zero-order valence-electron chi connectivity index (χ0n) is 9.89. The van der Waals surface area contributed by atoms with Gasteiger partial charge in [0.2, 0.25) is 5.91 Å². The van der Waals surface area contributed by atoms with Crippen molar-refractivity contribution in [2.45, 2.75) is 0 Å². The number of carbonyl (C=O) groups excluding carboxylic acids is 1. The first-order valence-electron chi connectivity index (χ1n) is 5.51. The maximum Gasteiger partial charge on any atom is 0.336 e. The Morgan fingerprint density at radius 3 is 2.67 bits per heavy atom. The van der Waals surface area contributed by atoms with Gasteiger partial charge in [-0.2, -0.15) is 0 Å². The highest BCUT2D eigenvalue weighted by Gasteiger charge is 2.21. The molecule has 0 saturated carbocycles. The molecule has 5 nitrogen and oxygen atoms in total. The molecular weight excluding hydrogens is 300 g/mol. The van der Waals surface area contributed by atoms with Crippen LogP contribution in [-0.2, 0) is 4.79 Å². The topological polar surface area (TPSA) is 60.9 Å². The molecule has 1 aliphatic heterocycles. The number of likely N-dealkylation sites (N-methyl/N-ethyl adjacent to an activating group) is 1. The first-order chi connectivity index (χ1) is 8.49. The van der Waals surface area contributed by atoms with E-state index in [2.05, 4.69) is 15.9 Å². The van der Waals surface area contributed by atoms with Crippen molar-refractivity contribution in [1.82, 2.24) is 4.90 Å². The molecule has 1 N–H and O–H groups in total. The number of halogens is 1. The molecule has 1 fully saturated rings. The van der Waals surface area contributed by atoms with E-state index in [1.165, 1.54) is 0 Å². The molecule has 1 heterocycles. The van der Waals surface area contributed by atoms with Gasteiger partial charge in [-0.15, -0.1) is 0 Å². The molecule has 0 atom stereocenters. The number of hydrogen-bond acceptors (Lipinski definition) is 3. The molecular formula is C12H13BrN2O3. The fraction of sp³-hybridized carbons (Fsp3) is 0.333. The van der Waals surface area contributed by atoms with Crippen LogP contribution >= 0.6 is 15.9 Å². The summed E-state index contributed by atoms with van der Waals surface area (Å²) < 4.78 is 0.527. The molecule has 0 aliphatic carbocycles. The molecule has 96 valence electrons. The number of aromatic carboxylic acids is 1. The standard InChI is InChI=1S/C12H13BrN2O3/c1-14-4-5-15(7-11(14)16)8-2-3-9(12(17)18)10(13)6-8/h2-3,6H,4-5,7H2,1H3,(H,17,18). The van der Waals surface area contributed by atoms with Crippen LogP contribution in [0.15, 0.2) is 22.7 Å². The molecule has 0 bridgehead atoms.